The molecule has 4 heteroatoms. The van der Waals surface area contributed by atoms with E-state index in [-0.39, 0.29) is 17.4 Å². The van der Waals surface area contributed by atoms with Crippen LogP contribution in [0.25, 0.3) is 0 Å². The van der Waals surface area contributed by atoms with E-state index >= 15 is 0 Å². The van der Waals surface area contributed by atoms with Crippen molar-refractivity contribution < 1.29 is 4.79 Å². The van der Waals surface area contributed by atoms with Crippen LogP contribution in [0.1, 0.15) is 39.3 Å². The molecule has 2 atom stereocenters. The lowest BCUT2D eigenvalue weighted by Crippen LogP contribution is -2.49. The van der Waals surface area contributed by atoms with Gasteiger partial charge in [-0.2, -0.15) is 0 Å². The molecule has 4 nitrogen and oxygen atoms in total. The summed E-state index contributed by atoms with van der Waals surface area (Å²) in [4.78, 5) is 15.9. The Morgan fingerprint density at radius 2 is 2.12 bits per heavy atom. The summed E-state index contributed by atoms with van der Waals surface area (Å²) in [5.41, 5.74) is 6.63. The second-order valence-corrected chi connectivity index (χ2v) is 5.36. The van der Waals surface area contributed by atoms with E-state index in [2.05, 4.69) is 10.3 Å². The van der Waals surface area contributed by atoms with Crippen LogP contribution in [-0.2, 0) is 4.79 Å². The van der Waals surface area contributed by atoms with Crippen molar-refractivity contribution in [3.05, 3.63) is 30.1 Å². The number of hydrogen-bond donors (Lipinski definition) is 2. The van der Waals surface area contributed by atoms with Crippen molar-refractivity contribution in [3.63, 3.8) is 0 Å². The molecule has 0 saturated carbocycles. The molecule has 0 aromatic carbocycles. The highest BCUT2D eigenvalue weighted by atomic mass is 16.2. The minimum Gasteiger partial charge on any atom is -0.348 e. The van der Waals surface area contributed by atoms with Crippen molar-refractivity contribution in [2.75, 3.05) is 0 Å². The third kappa shape index (κ3) is 3.82. The molecule has 0 bridgehead atoms. The van der Waals surface area contributed by atoms with Crippen LogP contribution in [-0.4, -0.2) is 16.9 Å². The predicted octanol–water partition coefficient (Wildman–Crippen LogP) is 1.63. The quantitative estimate of drug-likeness (QED) is 0.836. The number of nitrogens with one attached hydrogen (secondary N) is 1. The number of rotatable bonds is 3. The van der Waals surface area contributed by atoms with Gasteiger partial charge in [-0.15, -0.1) is 0 Å². The van der Waals surface area contributed by atoms with Crippen LogP contribution in [0, 0.1) is 5.41 Å². The molecule has 1 rings (SSSR count). The summed E-state index contributed by atoms with van der Waals surface area (Å²) >= 11 is 0. The first-order valence-corrected chi connectivity index (χ1v) is 5.78. The normalized spacial score (nSPS) is 15.1. The van der Waals surface area contributed by atoms with Crippen molar-refractivity contribution in [2.24, 2.45) is 11.1 Å². The standard InChI is InChI=1S/C13H21N3O/c1-9(10-6-5-7-15-8-10)16-12(17)11(14)13(2,3)4/h5-9,11H,14H2,1-4H3,(H,16,17)/t9-,11-/m1/s1. The van der Waals surface area contributed by atoms with Crippen molar-refractivity contribution in [3.8, 4) is 0 Å². The number of carbonyl (C=O) groups excluding carboxylic acids is 1. The Balaban J connectivity index is 2.64. The zero-order valence-electron chi connectivity index (χ0n) is 10.9. The fourth-order valence-corrected chi connectivity index (χ4v) is 1.41. The maximum Gasteiger partial charge on any atom is 0.237 e. The van der Waals surface area contributed by atoms with Gasteiger partial charge in [0.1, 0.15) is 0 Å². The first-order chi connectivity index (χ1) is 7.82. The lowest BCUT2D eigenvalue weighted by Gasteiger charge is -2.27. The fourth-order valence-electron chi connectivity index (χ4n) is 1.41. The van der Waals surface area contributed by atoms with Crippen LogP contribution in [0.5, 0.6) is 0 Å². The average molecular weight is 235 g/mol. The van der Waals surface area contributed by atoms with Crippen molar-refractivity contribution >= 4 is 5.91 Å². The Kier molecular flexibility index (Phi) is 4.23. The van der Waals surface area contributed by atoms with Crippen molar-refractivity contribution in [1.29, 1.82) is 0 Å². The first-order valence-electron chi connectivity index (χ1n) is 5.78. The molecule has 94 valence electrons. The van der Waals surface area contributed by atoms with Crippen LogP contribution >= 0.6 is 0 Å². The van der Waals surface area contributed by atoms with E-state index in [0.29, 0.717) is 0 Å². The molecule has 0 unspecified atom stereocenters. The maximum atomic E-state index is 11.9. The van der Waals surface area contributed by atoms with Gasteiger partial charge < -0.3 is 11.1 Å². The van der Waals surface area contributed by atoms with Crippen molar-refractivity contribution in [1.82, 2.24) is 10.3 Å². The number of nitrogens with two attached hydrogens (primary N) is 1. The molecule has 17 heavy (non-hydrogen) atoms. The largest absolute Gasteiger partial charge is 0.348 e. The van der Waals surface area contributed by atoms with Crippen LogP contribution in [0.4, 0.5) is 0 Å². The zero-order chi connectivity index (χ0) is 13.1. The van der Waals surface area contributed by atoms with E-state index in [9.17, 15) is 4.79 Å². The van der Waals surface area contributed by atoms with E-state index in [4.69, 9.17) is 5.73 Å². The van der Waals surface area contributed by atoms with Gasteiger partial charge in [-0.05, 0) is 24.0 Å². The van der Waals surface area contributed by atoms with Crippen LogP contribution in [0.15, 0.2) is 24.5 Å². The SMILES string of the molecule is C[C@@H](NC(=O)[C@@H](N)C(C)(C)C)c1cccnc1. The number of hydrogen-bond acceptors (Lipinski definition) is 3. The summed E-state index contributed by atoms with van der Waals surface area (Å²) in [5.74, 6) is -0.131. The Labute approximate surface area is 103 Å². The Hall–Kier alpha value is -1.42. The van der Waals surface area contributed by atoms with E-state index < -0.39 is 6.04 Å². The Morgan fingerprint density at radius 3 is 2.59 bits per heavy atom. The highest BCUT2D eigenvalue weighted by Gasteiger charge is 2.28. The highest BCUT2D eigenvalue weighted by molar-refractivity contribution is 5.82. The first kappa shape index (κ1) is 13.6. The van der Waals surface area contributed by atoms with E-state index in [0.717, 1.165) is 5.56 Å². The van der Waals surface area contributed by atoms with Crippen LogP contribution < -0.4 is 11.1 Å². The molecule has 0 radical (unpaired) electrons. The minimum atomic E-state index is -0.512. The van der Waals surface area contributed by atoms with Gasteiger partial charge in [-0.3, -0.25) is 9.78 Å². The zero-order valence-corrected chi connectivity index (χ0v) is 10.9. The smallest absolute Gasteiger partial charge is 0.237 e. The molecule has 0 saturated heterocycles. The van der Waals surface area contributed by atoms with E-state index in [1.807, 2.05) is 39.8 Å². The predicted molar refractivity (Wildman–Crippen MR) is 68.2 cm³/mol. The van der Waals surface area contributed by atoms with Gasteiger partial charge in [-0.1, -0.05) is 26.8 Å². The second-order valence-electron chi connectivity index (χ2n) is 5.36. The summed E-state index contributed by atoms with van der Waals surface area (Å²) in [7, 11) is 0. The third-order valence-electron chi connectivity index (χ3n) is 2.76. The van der Waals surface area contributed by atoms with E-state index in [1.165, 1.54) is 0 Å². The minimum absolute atomic E-state index is 0.0791. The monoisotopic (exact) mass is 235 g/mol. The van der Waals surface area contributed by atoms with Gasteiger partial charge in [-0.25, -0.2) is 0 Å². The average Bonchev–Trinajstić information content (AvgIpc) is 2.27. The molecule has 0 aliphatic rings. The molecular weight excluding hydrogens is 214 g/mol. The van der Waals surface area contributed by atoms with Gasteiger partial charge in [0.15, 0.2) is 0 Å². The number of amides is 1. The van der Waals surface area contributed by atoms with Gasteiger partial charge in [0.2, 0.25) is 5.91 Å². The third-order valence-corrected chi connectivity index (χ3v) is 2.76. The number of nitrogens with zero attached hydrogens (tertiary/aromatic N) is 1. The lowest BCUT2D eigenvalue weighted by atomic mass is 9.87. The molecular formula is C13H21N3O. The van der Waals surface area contributed by atoms with Gasteiger partial charge in [0.25, 0.3) is 0 Å². The molecule has 1 aromatic rings. The summed E-state index contributed by atoms with van der Waals surface area (Å²) in [5, 5.41) is 2.90. The molecule has 0 fully saturated rings. The highest BCUT2D eigenvalue weighted by Crippen LogP contribution is 2.18. The summed E-state index contributed by atoms with van der Waals surface area (Å²) in [6, 6.07) is 3.19. The van der Waals surface area contributed by atoms with Gasteiger partial charge in [0, 0.05) is 12.4 Å². The summed E-state index contributed by atoms with van der Waals surface area (Å²) < 4.78 is 0. The number of carbonyl (C=O) groups is 1. The molecule has 1 aromatic heterocycles. The van der Waals surface area contributed by atoms with Gasteiger partial charge in [0.05, 0.1) is 12.1 Å². The van der Waals surface area contributed by atoms with Crippen LogP contribution in [0.2, 0.25) is 0 Å². The summed E-state index contributed by atoms with van der Waals surface area (Å²) in [6.07, 6.45) is 3.45. The molecule has 0 aliphatic carbocycles. The molecule has 0 spiro atoms. The van der Waals surface area contributed by atoms with E-state index in [1.54, 1.807) is 12.4 Å². The molecule has 3 N–H and O–H groups in total. The number of aromatic nitrogens is 1. The summed E-state index contributed by atoms with van der Waals surface area (Å²) in [6.45, 7) is 7.77. The molecule has 1 heterocycles. The van der Waals surface area contributed by atoms with Gasteiger partial charge >= 0.3 is 0 Å². The maximum absolute atomic E-state index is 11.9. The number of pyridine rings is 1. The molecule has 1 amide bonds. The second kappa shape index (κ2) is 5.27. The van der Waals surface area contributed by atoms with Crippen molar-refractivity contribution in [2.45, 2.75) is 39.8 Å². The Bertz CT molecular complexity index is 370. The topological polar surface area (TPSA) is 68.0 Å². The Morgan fingerprint density at radius 1 is 1.47 bits per heavy atom. The lowest BCUT2D eigenvalue weighted by molar-refractivity contribution is -0.125. The fraction of sp³-hybridized carbons (Fsp3) is 0.538. The molecule has 0 aliphatic heterocycles. The van der Waals surface area contributed by atoms with Crippen LogP contribution in [0.3, 0.4) is 0 Å².